The molecule has 1 aromatic carbocycles. The van der Waals surface area contributed by atoms with E-state index >= 15 is 0 Å². The molecule has 94 valence electrons. The number of nitrogen functional groups attached to an aromatic ring is 1. The first-order valence-corrected chi connectivity index (χ1v) is 5.16. The number of nitrogens with two attached hydrogens (primary N) is 1. The summed E-state index contributed by atoms with van der Waals surface area (Å²) in [7, 11) is 1.55. The maximum Gasteiger partial charge on any atom is 0.404 e. The zero-order valence-electron chi connectivity index (χ0n) is 9.60. The number of carbonyl (C=O) groups is 1. The number of nitrogens with one attached hydrogen (secondary N) is 1. The summed E-state index contributed by atoms with van der Waals surface area (Å²) < 4.78 is 10.6. The molecule has 0 aromatic heterocycles. The minimum atomic E-state index is -1.04. The van der Waals surface area contributed by atoms with Gasteiger partial charge in [0.25, 0.3) is 0 Å². The van der Waals surface area contributed by atoms with Crippen LogP contribution in [0.2, 0.25) is 0 Å². The second-order valence-electron chi connectivity index (χ2n) is 3.34. The monoisotopic (exact) mass is 240 g/mol. The van der Waals surface area contributed by atoms with E-state index in [4.69, 9.17) is 20.3 Å². The average Bonchev–Trinajstić information content (AvgIpc) is 2.28. The third-order valence-electron chi connectivity index (χ3n) is 2.04. The highest BCUT2D eigenvalue weighted by molar-refractivity contribution is 5.64. The molecule has 0 spiro atoms. The van der Waals surface area contributed by atoms with E-state index in [0.29, 0.717) is 36.8 Å². The van der Waals surface area contributed by atoms with Crippen molar-refractivity contribution in [1.29, 1.82) is 0 Å². The molecule has 0 saturated carbocycles. The lowest BCUT2D eigenvalue weighted by atomic mass is 10.3. The van der Waals surface area contributed by atoms with Gasteiger partial charge in [-0.05, 0) is 18.6 Å². The van der Waals surface area contributed by atoms with Gasteiger partial charge in [0.1, 0.15) is 0 Å². The van der Waals surface area contributed by atoms with E-state index in [-0.39, 0.29) is 0 Å². The molecule has 0 saturated heterocycles. The summed E-state index contributed by atoms with van der Waals surface area (Å²) in [5, 5.41) is 10.6. The fourth-order valence-corrected chi connectivity index (χ4v) is 1.26. The number of amides is 1. The van der Waals surface area contributed by atoms with E-state index in [1.165, 1.54) is 0 Å². The van der Waals surface area contributed by atoms with Crippen molar-refractivity contribution in [2.75, 3.05) is 26.0 Å². The van der Waals surface area contributed by atoms with Crippen molar-refractivity contribution < 1.29 is 19.4 Å². The molecule has 1 aromatic rings. The van der Waals surface area contributed by atoms with Crippen molar-refractivity contribution in [1.82, 2.24) is 5.32 Å². The normalized spacial score (nSPS) is 9.71. The standard InChI is InChI=1S/C11H16N2O4/c1-16-9-4-3-8(12)7-10(9)17-6-2-5-13-11(14)15/h3-4,7,13H,2,5-6,12H2,1H3,(H,14,15). The van der Waals surface area contributed by atoms with Gasteiger partial charge in [0, 0.05) is 18.3 Å². The highest BCUT2D eigenvalue weighted by Gasteiger charge is 2.04. The Kier molecular flexibility index (Phi) is 4.93. The molecule has 1 amide bonds. The highest BCUT2D eigenvalue weighted by Crippen LogP contribution is 2.28. The molecule has 0 aliphatic rings. The maximum absolute atomic E-state index is 10.2. The molecule has 6 heteroatoms. The first-order valence-electron chi connectivity index (χ1n) is 5.16. The van der Waals surface area contributed by atoms with E-state index in [9.17, 15) is 4.79 Å². The van der Waals surface area contributed by atoms with Crippen molar-refractivity contribution in [3.8, 4) is 11.5 Å². The van der Waals surface area contributed by atoms with Crippen LogP contribution in [-0.2, 0) is 0 Å². The van der Waals surface area contributed by atoms with Gasteiger partial charge in [0.15, 0.2) is 11.5 Å². The zero-order valence-corrected chi connectivity index (χ0v) is 9.60. The van der Waals surface area contributed by atoms with Crippen LogP contribution in [0, 0.1) is 0 Å². The predicted molar refractivity (Wildman–Crippen MR) is 63.5 cm³/mol. The summed E-state index contributed by atoms with van der Waals surface area (Å²) in [4.78, 5) is 10.2. The first-order chi connectivity index (χ1) is 8.13. The number of hydrogen-bond acceptors (Lipinski definition) is 4. The molecule has 0 bridgehead atoms. The number of benzene rings is 1. The van der Waals surface area contributed by atoms with Gasteiger partial charge in [-0.1, -0.05) is 0 Å². The summed E-state index contributed by atoms with van der Waals surface area (Å²) >= 11 is 0. The second kappa shape index (κ2) is 6.47. The van der Waals surface area contributed by atoms with Crippen LogP contribution in [0.4, 0.5) is 10.5 Å². The Morgan fingerprint density at radius 1 is 1.47 bits per heavy atom. The maximum atomic E-state index is 10.2. The first kappa shape index (κ1) is 13.0. The summed E-state index contributed by atoms with van der Waals surface area (Å²) in [5.74, 6) is 1.16. The van der Waals surface area contributed by atoms with E-state index in [0.717, 1.165) is 0 Å². The van der Waals surface area contributed by atoms with Crippen LogP contribution < -0.4 is 20.5 Å². The van der Waals surface area contributed by atoms with Gasteiger partial charge in [-0.2, -0.15) is 0 Å². The van der Waals surface area contributed by atoms with Gasteiger partial charge < -0.3 is 25.6 Å². The molecule has 0 atom stereocenters. The number of anilines is 1. The lowest BCUT2D eigenvalue weighted by Gasteiger charge is -2.11. The van der Waals surface area contributed by atoms with Crippen molar-refractivity contribution >= 4 is 11.8 Å². The Bertz CT molecular complexity index is 382. The fourth-order valence-electron chi connectivity index (χ4n) is 1.26. The van der Waals surface area contributed by atoms with Crippen LogP contribution >= 0.6 is 0 Å². The largest absolute Gasteiger partial charge is 0.493 e. The fraction of sp³-hybridized carbons (Fsp3) is 0.364. The zero-order chi connectivity index (χ0) is 12.7. The van der Waals surface area contributed by atoms with Gasteiger partial charge in [-0.3, -0.25) is 0 Å². The van der Waals surface area contributed by atoms with Crippen LogP contribution in [0.3, 0.4) is 0 Å². The number of ether oxygens (including phenoxy) is 2. The topological polar surface area (TPSA) is 93.8 Å². The molecule has 17 heavy (non-hydrogen) atoms. The molecular formula is C11H16N2O4. The van der Waals surface area contributed by atoms with Crippen LogP contribution in [0.5, 0.6) is 11.5 Å². The summed E-state index contributed by atoms with van der Waals surface area (Å²) in [6.45, 7) is 0.736. The molecule has 0 aliphatic heterocycles. The summed E-state index contributed by atoms with van der Waals surface area (Å²) in [6, 6.07) is 5.11. The number of rotatable bonds is 6. The number of hydrogen-bond donors (Lipinski definition) is 3. The van der Waals surface area contributed by atoms with Crippen molar-refractivity contribution in [3.05, 3.63) is 18.2 Å². The van der Waals surface area contributed by atoms with E-state index < -0.39 is 6.09 Å². The van der Waals surface area contributed by atoms with Crippen LogP contribution in [0.1, 0.15) is 6.42 Å². The van der Waals surface area contributed by atoms with E-state index in [2.05, 4.69) is 5.32 Å². The molecular weight excluding hydrogens is 224 g/mol. The SMILES string of the molecule is COc1ccc(N)cc1OCCCNC(=O)O. The lowest BCUT2D eigenvalue weighted by molar-refractivity contribution is 0.193. The Labute approximate surface area is 99.3 Å². The summed E-state index contributed by atoms with van der Waals surface area (Å²) in [5.41, 5.74) is 6.21. The molecule has 6 nitrogen and oxygen atoms in total. The van der Waals surface area contributed by atoms with Crippen molar-refractivity contribution in [2.24, 2.45) is 0 Å². The number of methoxy groups -OCH3 is 1. The Morgan fingerprint density at radius 3 is 2.88 bits per heavy atom. The molecule has 4 N–H and O–H groups in total. The van der Waals surface area contributed by atoms with Crippen LogP contribution in [0.25, 0.3) is 0 Å². The Morgan fingerprint density at radius 2 is 2.24 bits per heavy atom. The minimum Gasteiger partial charge on any atom is -0.493 e. The van der Waals surface area contributed by atoms with Crippen molar-refractivity contribution in [2.45, 2.75) is 6.42 Å². The molecule has 0 aliphatic carbocycles. The molecule has 0 fully saturated rings. The van der Waals surface area contributed by atoms with E-state index in [1.807, 2.05) is 0 Å². The molecule has 0 radical (unpaired) electrons. The molecule has 0 heterocycles. The quantitative estimate of drug-likeness (QED) is 0.515. The van der Waals surface area contributed by atoms with Crippen LogP contribution in [0.15, 0.2) is 18.2 Å². The van der Waals surface area contributed by atoms with Gasteiger partial charge in [0.05, 0.1) is 13.7 Å². The predicted octanol–water partition coefficient (Wildman–Crippen LogP) is 1.31. The van der Waals surface area contributed by atoms with E-state index in [1.54, 1.807) is 25.3 Å². The summed E-state index contributed by atoms with van der Waals surface area (Å²) in [6.07, 6.45) is -0.462. The van der Waals surface area contributed by atoms with Gasteiger partial charge >= 0.3 is 6.09 Å². The van der Waals surface area contributed by atoms with Crippen LogP contribution in [-0.4, -0.2) is 31.5 Å². The third-order valence-corrected chi connectivity index (χ3v) is 2.04. The molecule has 0 unspecified atom stereocenters. The van der Waals surface area contributed by atoms with Gasteiger partial charge in [-0.25, -0.2) is 4.79 Å². The number of carboxylic acid groups (broad SMARTS) is 1. The molecule has 1 rings (SSSR count). The highest BCUT2D eigenvalue weighted by atomic mass is 16.5. The minimum absolute atomic E-state index is 0.347. The van der Waals surface area contributed by atoms with Crippen molar-refractivity contribution in [3.63, 3.8) is 0 Å². The Hall–Kier alpha value is -2.11. The smallest absolute Gasteiger partial charge is 0.404 e. The van der Waals surface area contributed by atoms with Gasteiger partial charge in [0.2, 0.25) is 0 Å². The second-order valence-corrected chi connectivity index (χ2v) is 3.34. The third kappa shape index (κ3) is 4.50. The lowest BCUT2D eigenvalue weighted by Crippen LogP contribution is -2.23. The average molecular weight is 240 g/mol. The Balaban J connectivity index is 2.40. The van der Waals surface area contributed by atoms with Gasteiger partial charge in [-0.15, -0.1) is 0 Å².